The van der Waals surface area contributed by atoms with Gasteiger partial charge in [-0.15, -0.1) is 0 Å². The molecule has 0 saturated heterocycles. The molecule has 1 rings (SSSR count). The number of nitrogens with one attached hydrogen (secondary N) is 2. The normalized spacial score (nSPS) is 12.9. The number of rotatable bonds is 8. The Hall–Kier alpha value is -1.65. The smallest absolute Gasteiger partial charge is 0.348 e. The van der Waals surface area contributed by atoms with Crippen LogP contribution in [0.4, 0.5) is 13.2 Å². The van der Waals surface area contributed by atoms with Crippen molar-refractivity contribution in [3.05, 3.63) is 29.8 Å². The number of hydrogen-bond acceptors (Lipinski definition) is 4. The zero-order chi connectivity index (χ0) is 19.3. The van der Waals surface area contributed by atoms with Crippen molar-refractivity contribution in [3.63, 3.8) is 0 Å². The van der Waals surface area contributed by atoms with E-state index in [2.05, 4.69) is 5.32 Å². The summed E-state index contributed by atoms with van der Waals surface area (Å²) in [6.45, 7) is 3.26. The summed E-state index contributed by atoms with van der Waals surface area (Å²) in [5, 5.41) is 2.67. The lowest BCUT2D eigenvalue weighted by Gasteiger charge is -2.31. The Morgan fingerprint density at radius 2 is 1.80 bits per heavy atom. The number of nitrogens with two attached hydrogens (primary N) is 1. The summed E-state index contributed by atoms with van der Waals surface area (Å²) in [7, 11) is -4.26. The third-order valence-electron chi connectivity index (χ3n) is 4.04. The number of carbonyl (C=O) groups excluding carboxylic acids is 1. The quantitative estimate of drug-likeness (QED) is 0.637. The molecule has 1 aromatic carbocycles. The number of hydrogen-bond donors (Lipinski definition) is 3. The Bertz CT molecular complexity index is 693. The summed E-state index contributed by atoms with van der Waals surface area (Å²) in [6, 6.07) is 3.30. The lowest BCUT2D eigenvalue weighted by Crippen LogP contribution is -2.55. The van der Waals surface area contributed by atoms with Crippen molar-refractivity contribution in [3.8, 4) is 0 Å². The van der Waals surface area contributed by atoms with Crippen LogP contribution < -0.4 is 15.8 Å². The summed E-state index contributed by atoms with van der Waals surface area (Å²) in [5.41, 5.74) is 3.92. The third-order valence-corrected chi connectivity index (χ3v) is 5.44. The van der Waals surface area contributed by atoms with E-state index in [0.29, 0.717) is 18.9 Å². The Morgan fingerprint density at radius 3 is 2.28 bits per heavy atom. The molecule has 6 nitrogen and oxygen atoms in total. The minimum atomic E-state index is -4.66. The topological polar surface area (TPSA) is 101 Å². The van der Waals surface area contributed by atoms with E-state index in [1.165, 1.54) is 0 Å². The molecule has 0 spiro atoms. The number of alkyl halides is 3. The van der Waals surface area contributed by atoms with E-state index >= 15 is 0 Å². The van der Waals surface area contributed by atoms with Gasteiger partial charge in [-0.05, 0) is 31.0 Å². The van der Waals surface area contributed by atoms with Crippen LogP contribution in [0.25, 0.3) is 0 Å². The van der Waals surface area contributed by atoms with Gasteiger partial charge in [0.05, 0.1) is 22.5 Å². The van der Waals surface area contributed by atoms with E-state index in [1.54, 1.807) is 0 Å². The minimum Gasteiger partial charge on any atom is -0.348 e. The first-order valence-electron chi connectivity index (χ1n) is 7.67. The van der Waals surface area contributed by atoms with Crippen molar-refractivity contribution in [2.24, 2.45) is 5.73 Å². The molecule has 0 radical (unpaired) electrons. The van der Waals surface area contributed by atoms with Crippen molar-refractivity contribution in [1.82, 2.24) is 10.0 Å². The molecule has 0 aliphatic rings. The SMILES string of the molecule is CCC(CC)(CN)NC(=O)CNS(=O)(=O)c1cccc(C(F)(F)F)c1. The van der Waals surface area contributed by atoms with Crippen molar-refractivity contribution in [2.45, 2.75) is 43.3 Å². The Kier molecular flexibility index (Phi) is 6.98. The molecule has 142 valence electrons. The predicted molar refractivity (Wildman–Crippen MR) is 87.1 cm³/mol. The maximum Gasteiger partial charge on any atom is 0.416 e. The second-order valence-electron chi connectivity index (χ2n) is 5.59. The number of benzene rings is 1. The Labute approximate surface area is 145 Å². The van der Waals surface area contributed by atoms with Crippen LogP contribution in [-0.4, -0.2) is 33.0 Å². The predicted octanol–water partition coefficient (Wildman–Crippen LogP) is 1.62. The fourth-order valence-electron chi connectivity index (χ4n) is 2.19. The average molecular weight is 381 g/mol. The van der Waals surface area contributed by atoms with Gasteiger partial charge < -0.3 is 11.1 Å². The van der Waals surface area contributed by atoms with Crippen LogP contribution in [0.2, 0.25) is 0 Å². The summed E-state index contributed by atoms with van der Waals surface area (Å²) in [6.07, 6.45) is -3.54. The maximum absolute atomic E-state index is 12.7. The highest BCUT2D eigenvalue weighted by Gasteiger charge is 2.32. The van der Waals surface area contributed by atoms with E-state index in [9.17, 15) is 26.4 Å². The van der Waals surface area contributed by atoms with Gasteiger partial charge in [0.2, 0.25) is 15.9 Å². The molecule has 0 atom stereocenters. The van der Waals surface area contributed by atoms with E-state index < -0.39 is 44.6 Å². The molecule has 1 amide bonds. The van der Waals surface area contributed by atoms with E-state index in [1.807, 2.05) is 18.6 Å². The highest BCUT2D eigenvalue weighted by molar-refractivity contribution is 7.89. The van der Waals surface area contributed by atoms with Gasteiger partial charge in [0.25, 0.3) is 0 Å². The van der Waals surface area contributed by atoms with Crippen LogP contribution in [0, 0.1) is 0 Å². The molecule has 0 saturated carbocycles. The fourth-order valence-corrected chi connectivity index (χ4v) is 3.22. The molecule has 0 unspecified atom stereocenters. The third kappa shape index (κ3) is 5.68. The first-order chi connectivity index (χ1) is 11.5. The van der Waals surface area contributed by atoms with Crippen LogP contribution in [0.3, 0.4) is 0 Å². The largest absolute Gasteiger partial charge is 0.416 e. The molecule has 4 N–H and O–H groups in total. The number of halogens is 3. The molecule has 10 heteroatoms. The van der Waals surface area contributed by atoms with Crippen LogP contribution >= 0.6 is 0 Å². The van der Waals surface area contributed by atoms with E-state index in [0.717, 1.165) is 18.2 Å². The summed E-state index contributed by atoms with van der Waals surface area (Å²) >= 11 is 0. The zero-order valence-electron chi connectivity index (χ0n) is 14.0. The number of sulfonamides is 1. The van der Waals surface area contributed by atoms with Crippen molar-refractivity contribution in [1.29, 1.82) is 0 Å². The fraction of sp³-hybridized carbons (Fsp3) is 0.533. The molecule has 0 aromatic heterocycles. The summed E-state index contributed by atoms with van der Waals surface area (Å²) < 4.78 is 64.3. The van der Waals surface area contributed by atoms with Gasteiger partial charge in [-0.2, -0.15) is 13.2 Å². The number of carbonyl (C=O) groups is 1. The molecule has 0 bridgehead atoms. The highest BCUT2D eigenvalue weighted by atomic mass is 32.2. The Balaban J connectivity index is 2.84. The van der Waals surface area contributed by atoms with Crippen molar-refractivity contribution in [2.75, 3.05) is 13.1 Å². The highest BCUT2D eigenvalue weighted by Crippen LogP contribution is 2.30. The lowest BCUT2D eigenvalue weighted by atomic mass is 9.93. The molecule has 1 aromatic rings. The average Bonchev–Trinajstić information content (AvgIpc) is 2.57. The Morgan fingerprint density at radius 1 is 1.20 bits per heavy atom. The van der Waals surface area contributed by atoms with Gasteiger partial charge in [-0.25, -0.2) is 13.1 Å². The molecular weight excluding hydrogens is 359 g/mol. The van der Waals surface area contributed by atoms with Gasteiger partial charge in [-0.3, -0.25) is 4.79 Å². The molecule has 0 aliphatic heterocycles. The second-order valence-corrected chi connectivity index (χ2v) is 7.36. The van der Waals surface area contributed by atoms with Gasteiger partial charge in [0.1, 0.15) is 0 Å². The zero-order valence-corrected chi connectivity index (χ0v) is 14.8. The van der Waals surface area contributed by atoms with Crippen molar-refractivity contribution < 1.29 is 26.4 Å². The lowest BCUT2D eigenvalue weighted by molar-refractivity contribution is -0.137. The first-order valence-corrected chi connectivity index (χ1v) is 9.16. The monoisotopic (exact) mass is 381 g/mol. The van der Waals surface area contributed by atoms with Gasteiger partial charge in [-0.1, -0.05) is 19.9 Å². The summed E-state index contributed by atoms with van der Waals surface area (Å²) in [5.74, 6) is -0.607. The van der Waals surface area contributed by atoms with E-state index in [-0.39, 0.29) is 6.54 Å². The van der Waals surface area contributed by atoms with Gasteiger partial charge in [0, 0.05) is 6.54 Å². The molecule has 0 fully saturated rings. The van der Waals surface area contributed by atoms with Gasteiger partial charge >= 0.3 is 6.18 Å². The summed E-state index contributed by atoms with van der Waals surface area (Å²) in [4.78, 5) is 11.4. The van der Waals surface area contributed by atoms with Crippen LogP contribution in [0.5, 0.6) is 0 Å². The minimum absolute atomic E-state index is 0.187. The molecule has 0 heterocycles. The van der Waals surface area contributed by atoms with Crippen LogP contribution in [0.1, 0.15) is 32.3 Å². The standard InChI is InChI=1S/C15H22F3N3O3S/c1-3-14(4-2,10-19)21-13(22)9-20-25(23,24)12-7-5-6-11(8-12)15(16,17)18/h5-8,20H,3-4,9-10,19H2,1-2H3,(H,21,22). The number of amides is 1. The van der Waals surface area contributed by atoms with Gasteiger partial charge in [0.15, 0.2) is 0 Å². The van der Waals surface area contributed by atoms with E-state index in [4.69, 9.17) is 5.73 Å². The van der Waals surface area contributed by atoms with Crippen molar-refractivity contribution >= 4 is 15.9 Å². The second kappa shape index (κ2) is 8.15. The molecular formula is C15H22F3N3O3S. The molecule has 25 heavy (non-hydrogen) atoms. The van der Waals surface area contributed by atoms with Crippen LogP contribution in [-0.2, 0) is 21.0 Å². The molecule has 0 aliphatic carbocycles. The van der Waals surface area contributed by atoms with Crippen LogP contribution in [0.15, 0.2) is 29.2 Å². The maximum atomic E-state index is 12.7. The first kappa shape index (κ1) is 21.4.